The monoisotopic (exact) mass is 501 g/mol. The molecule has 1 aromatic carbocycles. The molecule has 4 aliphatic rings. The van der Waals surface area contributed by atoms with Crippen molar-refractivity contribution in [1.29, 1.82) is 0 Å². The third-order valence-corrected chi connectivity index (χ3v) is 10.4. The summed E-state index contributed by atoms with van der Waals surface area (Å²) in [5, 5.41) is 0.616. The van der Waals surface area contributed by atoms with Gasteiger partial charge in [0.25, 0.3) is 0 Å². The van der Waals surface area contributed by atoms with E-state index >= 15 is 0 Å². The Morgan fingerprint density at radius 1 is 1.00 bits per heavy atom. The topological polar surface area (TPSA) is 70.2 Å². The van der Waals surface area contributed by atoms with Crippen molar-refractivity contribution >= 4 is 39.1 Å². The van der Waals surface area contributed by atoms with Gasteiger partial charge in [0.1, 0.15) is 0 Å². The molecule has 3 aliphatic heterocycles. The van der Waals surface area contributed by atoms with Crippen molar-refractivity contribution in [2.24, 2.45) is 0 Å². The molecule has 32 heavy (non-hydrogen) atoms. The van der Waals surface area contributed by atoms with E-state index < -0.39 is 10.0 Å². The molecule has 1 amide bonds. The van der Waals surface area contributed by atoms with E-state index in [1.165, 1.54) is 0 Å². The molecule has 176 valence electrons. The molecule has 1 aromatic rings. The van der Waals surface area contributed by atoms with Crippen LogP contribution in [0.1, 0.15) is 31.2 Å². The Hall–Kier alpha value is -0.900. The van der Waals surface area contributed by atoms with Gasteiger partial charge in [-0.25, -0.2) is 8.42 Å². The number of hydrogen-bond acceptors (Lipinski definition) is 5. The third kappa shape index (κ3) is 4.30. The highest BCUT2D eigenvalue weighted by atomic mass is 35.5. The number of hydrogen-bond donors (Lipinski definition) is 0. The van der Waals surface area contributed by atoms with Crippen LogP contribution in [0.4, 0.5) is 0 Å². The van der Waals surface area contributed by atoms with Crippen molar-refractivity contribution in [3.05, 3.63) is 33.8 Å². The molecule has 5 rings (SSSR count). The van der Waals surface area contributed by atoms with Crippen LogP contribution in [-0.4, -0.2) is 91.2 Å². The van der Waals surface area contributed by atoms with Gasteiger partial charge in [-0.15, -0.1) is 0 Å². The molecular weight excluding hydrogens is 473 g/mol. The summed E-state index contributed by atoms with van der Waals surface area (Å²) in [5.74, 6) is -0.00652. The number of sulfonamides is 1. The Kier molecular flexibility index (Phi) is 6.46. The van der Waals surface area contributed by atoms with Gasteiger partial charge in [-0.2, -0.15) is 4.31 Å². The van der Waals surface area contributed by atoms with Gasteiger partial charge < -0.3 is 9.64 Å². The van der Waals surface area contributed by atoms with E-state index in [4.69, 9.17) is 27.9 Å². The van der Waals surface area contributed by atoms with Crippen molar-refractivity contribution in [3.8, 4) is 0 Å². The summed E-state index contributed by atoms with van der Waals surface area (Å²) in [4.78, 5) is 17.8. The smallest absolute Gasteiger partial charge is 0.227 e. The number of carbonyl (C=O) groups excluding carboxylic acids is 1. The Balaban J connectivity index is 1.43. The molecule has 1 aliphatic carbocycles. The van der Waals surface area contributed by atoms with Gasteiger partial charge in [-0.05, 0) is 56.5 Å². The lowest BCUT2D eigenvalue weighted by Crippen LogP contribution is -2.72. The zero-order valence-corrected chi connectivity index (χ0v) is 20.3. The average Bonchev–Trinajstić information content (AvgIpc) is 3.51. The molecule has 7 nitrogen and oxygen atoms in total. The minimum Gasteiger partial charge on any atom is -0.378 e. The summed E-state index contributed by atoms with van der Waals surface area (Å²) >= 11 is 12.2. The van der Waals surface area contributed by atoms with Crippen LogP contribution in [-0.2, 0) is 26.0 Å². The molecular formula is C22H29Cl2N3O4S. The first-order chi connectivity index (χ1) is 15.4. The van der Waals surface area contributed by atoms with Crippen LogP contribution in [0.3, 0.4) is 0 Å². The first kappa shape index (κ1) is 22.9. The van der Waals surface area contributed by atoms with Crippen LogP contribution in [0.2, 0.25) is 10.0 Å². The minimum atomic E-state index is -3.36. The lowest BCUT2D eigenvalue weighted by Gasteiger charge is -2.53. The second-order valence-corrected chi connectivity index (χ2v) is 12.3. The number of halogens is 2. The van der Waals surface area contributed by atoms with E-state index in [0.29, 0.717) is 36.3 Å². The Morgan fingerprint density at radius 2 is 1.72 bits per heavy atom. The van der Waals surface area contributed by atoms with Crippen molar-refractivity contribution in [2.75, 3.05) is 39.4 Å². The predicted molar refractivity (Wildman–Crippen MR) is 124 cm³/mol. The predicted octanol–water partition coefficient (Wildman–Crippen LogP) is 2.40. The fourth-order valence-corrected chi connectivity index (χ4v) is 7.77. The maximum absolute atomic E-state index is 13.5. The first-order valence-corrected chi connectivity index (χ1v) is 13.7. The number of piperazine rings is 1. The fourth-order valence-electron chi connectivity index (χ4n) is 5.44. The molecule has 0 aromatic heterocycles. The number of ether oxygens (including phenoxy) is 1. The molecule has 10 heteroatoms. The van der Waals surface area contributed by atoms with Crippen LogP contribution >= 0.6 is 23.2 Å². The standard InChI is InChI=1S/C22H29Cl2N3O4S/c23-17-6-3-15(11-18(17)24)12-21(28)26-9-10-27(32(29,30)16-4-5-16)20-14-31-13-19(22(20)26)25-7-1-2-8-25/h3,6,11,16,19-20,22H,1-2,4-5,7-10,12-14H2/t19-,20+,22+/m1/s1. The lowest BCUT2D eigenvalue weighted by molar-refractivity contribution is -0.147. The first-order valence-electron chi connectivity index (χ1n) is 11.4. The van der Waals surface area contributed by atoms with E-state index in [0.717, 1.165) is 44.3 Å². The van der Waals surface area contributed by atoms with Crippen LogP contribution in [0.5, 0.6) is 0 Å². The zero-order valence-electron chi connectivity index (χ0n) is 18.0. The molecule has 0 N–H and O–H groups in total. The van der Waals surface area contributed by atoms with Crippen molar-refractivity contribution in [3.63, 3.8) is 0 Å². The van der Waals surface area contributed by atoms with E-state index in [2.05, 4.69) is 4.90 Å². The number of carbonyl (C=O) groups is 1. The summed E-state index contributed by atoms with van der Waals surface area (Å²) < 4.78 is 34.0. The molecule has 0 radical (unpaired) electrons. The molecule has 3 atom stereocenters. The molecule has 0 bridgehead atoms. The number of fused-ring (bicyclic) bond motifs is 1. The fraction of sp³-hybridized carbons (Fsp3) is 0.682. The minimum absolute atomic E-state index is 0.00575. The Bertz CT molecular complexity index is 981. The Labute approximate surface area is 199 Å². The van der Waals surface area contributed by atoms with E-state index in [1.54, 1.807) is 16.4 Å². The molecule has 0 unspecified atom stereocenters. The molecule has 4 fully saturated rings. The number of likely N-dealkylation sites (tertiary alicyclic amines) is 1. The molecule has 3 heterocycles. The largest absolute Gasteiger partial charge is 0.378 e. The molecule has 3 saturated heterocycles. The summed E-state index contributed by atoms with van der Waals surface area (Å²) in [6.45, 7) is 3.50. The second kappa shape index (κ2) is 9.04. The highest BCUT2D eigenvalue weighted by Crippen LogP contribution is 2.37. The van der Waals surface area contributed by atoms with Crippen molar-refractivity contribution in [2.45, 2.75) is 55.5 Å². The van der Waals surface area contributed by atoms with E-state index in [9.17, 15) is 13.2 Å². The zero-order chi connectivity index (χ0) is 22.5. The van der Waals surface area contributed by atoms with Gasteiger partial charge in [-0.1, -0.05) is 29.3 Å². The highest BCUT2D eigenvalue weighted by Gasteiger charge is 2.53. The summed E-state index contributed by atoms with van der Waals surface area (Å²) in [5.41, 5.74) is 0.804. The normalized spacial score (nSPS) is 29.8. The maximum atomic E-state index is 13.5. The van der Waals surface area contributed by atoms with Crippen molar-refractivity contribution < 1.29 is 17.9 Å². The number of benzene rings is 1. The SMILES string of the molecule is O=C(Cc1ccc(Cl)c(Cl)c1)N1CCN(S(=O)(=O)C2CC2)[C@H]2COC[C@@H](N3CCCC3)[C@@H]21. The number of rotatable bonds is 5. The third-order valence-electron chi connectivity index (χ3n) is 7.20. The van der Waals surface area contributed by atoms with Gasteiger partial charge in [0.2, 0.25) is 15.9 Å². The van der Waals surface area contributed by atoms with Crippen LogP contribution < -0.4 is 0 Å². The van der Waals surface area contributed by atoms with Gasteiger partial charge >= 0.3 is 0 Å². The molecule has 1 saturated carbocycles. The van der Waals surface area contributed by atoms with Crippen molar-refractivity contribution in [1.82, 2.24) is 14.1 Å². The lowest BCUT2D eigenvalue weighted by atomic mass is 9.92. The van der Waals surface area contributed by atoms with Crippen LogP contribution in [0, 0.1) is 0 Å². The molecule has 0 spiro atoms. The summed E-state index contributed by atoms with van der Waals surface area (Å²) in [7, 11) is -3.36. The summed E-state index contributed by atoms with van der Waals surface area (Å²) in [6.07, 6.45) is 3.91. The average molecular weight is 502 g/mol. The van der Waals surface area contributed by atoms with Gasteiger partial charge in [0.15, 0.2) is 0 Å². The maximum Gasteiger partial charge on any atom is 0.227 e. The van der Waals surface area contributed by atoms with Gasteiger partial charge in [0, 0.05) is 13.1 Å². The Morgan fingerprint density at radius 3 is 2.41 bits per heavy atom. The van der Waals surface area contributed by atoms with Gasteiger partial charge in [0.05, 0.1) is 53.1 Å². The highest BCUT2D eigenvalue weighted by molar-refractivity contribution is 7.90. The quantitative estimate of drug-likeness (QED) is 0.619. The number of amides is 1. The van der Waals surface area contributed by atoms with Crippen LogP contribution in [0.15, 0.2) is 18.2 Å². The van der Waals surface area contributed by atoms with Gasteiger partial charge in [-0.3, -0.25) is 9.69 Å². The van der Waals surface area contributed by atoms with Crippen LogP contribution in [0.25, 0.3) is 0 Å². The van der Waals surface area contributed by atoms with E-state index in [-0.39, 0.29) is 35.7 Å². The van der Waals surface area contributed by atoms with E-state index in [1.807, 2.05) is 11.0 Å². The summed E-state index contributed by atoms with van der Waals surface area (Å²) in [6, 6.07) is 4.71. The number of nitrogens with zero attached hydrogens (tertiary/aromatic N) is 3. The second-order valence-electron chi connectivity index (χ2n) is 9.27.